The highest BCUT2D eigenvalue weighted by molar-refractivity contribution is 5.76. The molecule has 0 aliphatic heterocycles. The van der Waals surface area contributed by atoms with Gasteiger partial charge in [-0.25, -0.2) is 9.67 Å². The second-order valence-corrected chi connectivity index (χ2v) is 4.75. The van der Waals surface area contributed by atoms with Gasteiger partial charge in [0.15, 0.2) is 0 Å². The van der Waals surface area contributed by atoms with Gasteiger partial charge in [0.05, 0.1) is 34.8 Å². The lowest BCUT2D eigenvalue weighted by molar-refractivity contribution is 0.881. The van der Waals surface area contributed by atoms with Crippen LogP contribution in [0.25, 0.3) is 28.0 Å². The lowest BCUT2D eigenvalue weighted by atomic mass is 10.2. The maximum atomic E-state index is 4.64. The van der Waals surface area contributed by atoms with Gasteiger partial charge in [-0.3, -0.25) is 4.98 Å². The molecule has 0 fully saturated rings. The lowest BCUT2D eigenvalue weighted by Gasteiger charge is -2.00. The molecule has 0 aliphatic rings. The van der Waals surface area contributed by atoms with E-state index in [4.69, 9.17) is 0 Å². The van der Waals surface area contributed by atoms with Gasteiger partial charge in [0.2, 0.25) is 0 Å². The fourth-order valence-electron chi connectivity index (χ4n) is 2.27. The van der Waals surface area contributed by atoms with Crippen LogP contribution in [-0.4, -0.2) is 19.7 Å². The molecule has 0 atom stereocenters. The van der Waals surface area contributed by atoms with E-state index in [0.29, 0.717) is 0 Å². The molecule has 2 aromatic heterocycles. The van der Waals surface area contributed by atoms with E-state index >= 15 is 0 Å². The van der Waals surface area contributed by atoms with E-state index in [9.17, 15) is 0 Å². The van der Waals surface area contributed by atoms with Gasteiger partial charge in [0.1, 0.15) is 0 Å². The van der Waals surface area contributed by atoms with Crippen molar-refractivity contribution in [2.24, 2.45) is 0 Å². The quantitative estimate of drug-likeness (QED) is 0.561. The number of hydrogen-bond donors (Lipinski definition) is 0. The van der Waals surface area contributed by atoms with Gasteiger partial charge >= 0.3 is 0 Å². The smallest absolute Gasteiger partial charge is 0.0924 e. The number of fused-ring (bicyclic) bond motifs is 1. The molecule has 4 heteroatoms. The third-order valence-corrected chi connectivity index (χ3v) is 3.35. The molecule has 0 saturated carbocycles. The van der Waals surface area contributed by atoms with Crippen LogP contribution in [0.1, 0.15) is 0 Å². The third-order valence-electron chi connectivity index (χ3n) is 3.35. The van der Waals surface area contributed by atoms with Gasteiger partial charge in [-0.15, -0.1) is 0 Å². The van der Waals surface area contributed by atoms with Crippen molar-refractivity contribution in [3.05, 3.63) is 73.2 Å². The molecule has 4 rings (SSSR count). The fraction of sp³-hybridized carbons (Fsp3) is 0. The van der Waals surface area contributed by atoms with Crippen LogP contribution in [0, 0.1) is 0 Å². The Labute approximate surface area is 121 Å². The van der Waals surface area contributed by atoms with E-state index in [0.717, 1.165) is 28.0 Å². The summed E-state index contributed by atoms with van der Waals surface area (Å²) in [6.45, 7) is 0. The molecule has 0 radical (unpaired) electrons. The minimum Gasteiger partial charge on any atom is -0.252 e. The van der Waals surface area contributed by atoms with Crippen LogP contribution in [0.3, 0.4) is 0 Å². The second-order valence-electron chi connectivity index (χ2n) is 4.75. The Balaban J connectivity index is 1.77. The first-order chi connectivity index (χ1) is 10.4. The van der Waals surface area contributed by atoms with Crippen molar-refractivity contribution in [3.63, 3.8) is 0 Å². The minimum absolute atomic E-state index is 0.830. The molecular weight excluding hydrogens is 260 g/mol. The van der Waals surface area contributed by atoms with Crippen LogP contribution in [0.4, 0.5) is 0 Å². The molecule has 21 heavy (non-hydrogen) atoms. The summed E-state index contributed by atoms with van der Waals surface area (Å²) in [7, 11) is 0. The van der Waals surface area contributed by atoms with Gasteiger partial charge < -0.3 is 0 Å². The summed E-state index contributed by atoms with van der Waals surface area (Å²) in [5, 5.41) is 4.39. The van der Waals surface area contributed by atoms with Gasteiger partial charge in [-0.1, -0.05) is 30.3 Å². The van der Waals surface area contributed by atoms with Crippen molar-refractivity contribution in [1.82, 2.24) is 19.7 Å². The Morgan fingerprint density at radius 2 is 1.52 bits per heavy atom. The first-order valence-electron chi connectivity index (χ1n) is 6.72. The van der Waals surface area contributed by atoms with Crippen molar-refractivity contribution >= 4 is 11.0 Å². The van der Waals surface area contributed by atoms with E-state index in [1.165, 1.54) is 0 Å². The summed E-state index contributed by atoms with van der Waals surface area (Å²) in [6, 6.07) is 17.9. The maximum Gasteiger partial charge on any atom is 0.0924 e. The Kier molecular flexibility index (Phi) is 2.71. The van der Waals surface area contributed by atoms with E-state index in [2.05, 4.69) is 15.1 Å². The first kappa shape index (κ1) is 11.8. The average molecular weight is 272 g/mol. The molecule has 2 aromatic carbocycles. The Morgan fingerprint density at radius 3 is 2.38 bits per heavy atom. The summed E-state index contributed by atoms with van der Waals surface area (Å²) in [5.74, 6) is 0. The zero-order valence-electron chi connectivity index (χ0n) is 11.2. The summed E-state index contributed by atoms with van der Waals surface area (Å²) in [5.41, 5.74) is 4.60. The number of aromatic nitrogens is 4. The monoisotopic (exact) mass is 272 g/mol. The summed E-state index contributed by atoms with van der Waals surface area (Å²) in [4.78, 5) is 9.08. The molecule has 4 aromatic rings. The van der Waals surface area contributed by atoms with E-state index in [1.807, 2.05) is 71.7 Å². The van der Waals surface area contributed by atoms with Crippen LogP contribution in [0.5, 0.6) is 0 Å². The van der Waals surface area contributed by atoms with Gasteiger partial charge in [0.25, 0.3) is 0 Å². The van der Waals surface area contributed by atoms with Gasteiger partial charge in [-0.2, -0.15) is 5.10 Å². The van der Waals surface area contributed by atoms with E-state index in [1.54, 1.807) is 6.20 Å². The normalized spacial score (nSPS) is 10.9. The zero-order valence-corrected chi connectivity index (χ0v) is 11.2. The summed E-state index contributed by atoms with van der Waals surface area (Å²) >= 11 is 0. The molecule has 0 amide bonds. The largest absolute Gasteiger partial charge is 0.252 e. The predicted octanol–water partition coefficient (Wildman–Crippen LogP) is 3.48. The molecule has 0 unspecified atom stereocenters. The summed E-state index contributed by atoms with van der Waals surface area (Å²) < 4.78 is 1.84. The van der Waals surface area contributed by atoms with Gasteiger partial charge in [-0.05, 0) is 24.3 Å². The number of hydrogen-bond acceptors (Lipinski definition) is 3. The highest BCUT2D eigenvalue weighted by Gasteiger charge is 2.06. The van der Waals surface area contributed by atoms with Crippen molar-refractivity contribution in [2.75, 3.05) is 0 Å². The predicted molar refractivity (Wildman–Crippen MR) is 82.1 cm³/mol. The topological polar surface area (TPSA) is 43.6 Å². The maximum absolute atomic E-state index is 4.64. The van der Waals surface area contributed by atoms with E-state index in [-0.39, 0.29) is 0 Å². The van der Waals surface area contributed by atoms with Crippen molar-refractivity contribution in [2.45, 2.75) is 0 Å². The Morgan fingerprint density at radius 1 is 0.762 bits per heavy atom. The molecule has 0 N–H and O–H groups in total. The number of para-hydroxylation sites is 3. The molecular formula is C17H12N4. The highest BCUT2D eigenvalue weighted by Crippen LogP contribution is 2.19. The highest BCUT2D eigenvalue weighted by atomic mass is 15.3. The van der Waals surface area contributed by atoms with Crippen LogP contribution < -0.4 is 0 Å². The van der Waals surface area contributed by atoms with Crippen LogP contribution in [0.15, 0.2) is 73.2 Å². The van der Waals surface area contributed by atoms with Crippen LogP contribution in [-0.2, 0) is 0 Å². The zero-order chi connectivity index (χ0) is 14.1. The average Bonchev–Trinajstić information content (AvgIpc) is 3.05. The van der Waals surface area contributed by atoms with Crippen LogP contribution >= 0.6 is 0 Å². The van der Waals surface area contributed by atoms with Crippen molar-refractivity contribution < 1.29 is 0 Å². The van der Waals surface area contributed by atoms with Gasteiger partial charge in [0, 0.05) is 11.8 Å². The van der Waals surface area contributed by atoms with Crippen molar-refractivity contribution in [1.29, 1.82) is 0 Å². The molecule has 0 bridgehead atoms. The Hall–Kier alpha value is -3.01. The number of rotatable bonds is 2. The molecule has 0 saturated heterocycles. The second kappa shape index (κ2) is 4.83. The van der Waals surface area contributed by atoms with Crippen molar-refractivity contribution in [3.8, 4) is 16.9 Å². The molecule has 0 spiro atoms. The molecule has 0 aliphatic carbocycles. The minimum atomic E-state index is 0.830. The number of benzene rings is 2. The molecule has 100 valence electrons. The fourth-order valence-corrected chi connectivity index (χ4v) is 2.27. The van der Waals surface area contributed by atoms with E-state index < -0.39 is 0 Å². The SMILES string of the molecule is c1ccc(-n2cc(-c3cnc4ccccc4n3)cn2)cc1. The number of nitrogens with zero attached hydrogens (tertiary/aromatic N) is 4. The molecule has 4 nitrogen and oxygen atoms in total. The third kappa shape index (κ3) is 2.17. The Bertz CT molecular complexity index is 897. The summed E-state index contributed by atoms with van der Waals surface area (Å²) in [6.07, 6.45) is 5.56. The molecule has 2 heterocycles. The standard InChI is InChI=1S/C17H12N4/c1-2-6-14(7-3-1)21-12-13(10-19-21)17-11-18-15-8-4-5-9-16(15)20-17/h1-12H. The lowest BCUT2D eigenvalue weighted by Crippen LogP contribution is -1.92. The first-order valence-corrected chi connectivity index (χ1v) is 6.72. The van der Waals surface area contributed by atoms with Crippen LogP contribution in [0.2, 0.25) is 0 Å².